The fourth-order valence-corrected chi connectivity index (χ4v) is 4.28. The van der Waals surface area contributed by atoms with Crippen LogP contribution in [0.4, 0.5) is 0 Å². The molecule has 1 fully saturated rings. The van der Waals surface area contributed by atoms with Gasteiger partial charge in [0.25, 0.3) is 5.91 Å². The third-order valence-electron chi connectivity index (χ3n) is 5.22. The van der Waals surface area contributed by atoms with Crippen LogP contribution in [0.1, 0.15) is 27.5 Å². The van der Waals surface area contributed by atoms with E-state index in [4.69, 9.17) is 11.6 Å². The normalized spacial score (nSPS) is 15.9. The molecule has 0 unspecified atom stereocenters. The van der Waals surface area contributed by atoms with Gasteiger partial charge in [0.2, 0.25) is 0 Å². The summed E-state index contributed by atoms with van der Waals surface area (Å²) in [5.74, 6) is 0.0289. The molecule has 1 saturated heterocycles. The maximum Gasteiger partial charge on any atom is 0.255 e. The summed E-state index contributed by atoms with van der Waals surface area (Å²) in [7, 11) is 0. The molecule has 4 rings (SSSR count). The van der Waals surface area contributed by atoms with Crippen LogP contribution in [0.15, 0.2) is 77.5 Å². The van der Waals surface area contributed by atoms with Crippen molar-refractivity contribution >= 4 is 33.4 Å². The molecular formula is C23H21BrClN3O. The second-order valence-corrected chi connectivity index (χ2v) is 8.44. The van der Waals surface area contributed by atoms with E-state index in [1.807, 2.05) is 29.2 Å². The van der Waals surface area contributed by atoms with E-state index in [-0.39, 0.29) is 11.9 Å². The van der Waals surface area contributed by atoms with Crippen molar-refractivity contribution in [2.75, 3.05) is 26.2 Å². The SMILES string of the molecule is O=C(c1cncc(Br)c1)N1CCN([C@@H](c2ccccc2)c2ccc(Cl)cc2)CC1. The van der Waals surface area contributed by atoms with Crippen LogP contribution < -0.4 is 0 Å². The van der Waals surface area contributed by atoms with Crippen molar-refractivity contribution in [2.24, 2.45) is 0 Å². The molecule has 6 heteroatoms. The number of halogens is 2. The zero-order valence-electron chi connectivity index (χ0n) is 15.8. The Morgan fingerprint density at radius 3 is 2.24 bits per heavy atom. The number of rotatable bonds is 4. The van der Waals surface area contributed by atoms with Gasteiger partial charge in [-0.05, 0) is 45.3 Å². The molecule has 2 aromatic carbocycles. The Kier molecular flexibility index (Phi) is 6.28. The van der Waals surface area contributed by atoms with Gasteiger partial charge in [0, 0.05) is 48.1 Å². The number of hydrogen-bond acceptors (Lipinski definition) is 3. The molecule has 0 saturated carbocycles. The molecule has 1 amide bonds. The first-order chi connectivity index (χ1) is 14.1. The van der Waals surface area contributed by atoms with E-state index in [9.17, 15) is 4.79 Å². The standard InChI is InChI=1S/C23H21BrClN3O/c24-20-14-19(15-26-16-20)23(29)28-12-10-27(11-13-28)22(17-4-2-1-3-5-17)18-6-8-21(25)9-7-18/h1-9,14-16,22H,10-13H2/t22-/m0/s1. The number of pyridine rings is 1. The summed E-state index contributed by atoms with van der Waals surface area (Å²) >= 11 is 9.49. The number of piperazine rings is 1. The molecule has 3 aromatic rings. The van der Waals surface area contributed by atoms with Gasteiger partial charge in [0.1, 0.15) is 0 Å². The predicted molar refractivity (Wildman–Crippen MR) is 119 cm³/mol. The van der Waals surface area contributed by atoms with Crippen LogP contribution in [0, 0.1) is 0 Å². The second kappa shape index (κ2) is 9.08. The topological polar surface area (TPSA) is 36.4 Å². The summed E-state index contributed by atoms with van der Waals surface area (Å²) in [4.78, 5) is 21.3. The summed E-state index contributed by atoms with van der Waals surface area (Å²) in [6.07, 6.45) is 3.31. The van der Waals surface area contributed by atoms with E-state index in [0.717, 1.165) is 22.6 Å². The van der Waals surface area contributed by atoms with Crippen LogP contribution in [-0.4, -0.2) is 46.9 Å². The Balaban J connectivity index is 1.52. The Morgan fingerprint density at radius 1 is 0.931 bits per heavy atom. The smallest absolute Gasteiger partial charge is 0.255 e. The minimum absolute atomic E-state index is 0.0289. The summed E-state index contributed by atoms with van der Waals surface area (Å²) in [6, 6.07) is 20.5. The van der Waals surface area contributed by atoms with E-state index in [1.165, 1.54) is 11.1 Å². The van der Waals surface area contributed by atoms with Gasteiger partial charge in [-0.2, -0.15) is 0 Å². The number of amides is 1. The van der Waals surface area contributed by atoms with Gasteiger partial charge in [-0.15, -0.1) is 0 Å². The molecule has 0 aliphatic carbocycles. The molecule has 0 radical (unpaired) electrons. The average molecular weight is 471 g/mol. The highest BCUT2D eigenvalue weighted by Gasteiger charge is 2.28. The minimum atomic E-state index is 0.0289. The van der Waals surface area contributed by atoms with Gasteiger partial charge >= 0.3 is 0 Å². The Morgan fingerprint density at radius 2 is 1.59 bits per heavy atom. The molecule has 0 spiro atoms. The maximum atomic E-state index is 12.8. The molecule has 0 bridgehead atoms. The van der Waals surface area contributed by atoms with Gasteiger partial charge in [0.05, 0.1) is 11.6 Å². The molecule has 1 aromatic heterocycles. The lowest BCUT2D eigenvalue weighted by molar-refractivity contribution is 0.0597. The largest absolute Gasteiger partial charge is 0.336 e. The van der Waals surface area contributed by atoms with Crippen molar-refractivity contribution in [1.29, 1.82) is 0 Å². The fraction of sp³-hybridized carbons (Fsp3) is 0.217. The summed E-state index contributed by atoms with van der Waals surface area (Å²) in [5.41, 5.74) is 3.06. The van der Waals surface area contributed by atoms with E-state index in [1.54, 1.807) is 12.4 Å². The van der Waals surface area contributed by atoms with Gasteiger partial charge in [-0.25, -0.2) is 0 Å². The first-order valence-electron chi connectivity index (χ1n) is 9.56. The maximum absolute atomic E-state index is 12.8. The van der Waals surface area contributed by atoms with Crippen LogP contribution >= 0.6 is 27.5 Å². The number of carbonyl (C=O) groups is 1. The lowest BCUT2D eigenvalue weighted by atomic mass is 9.96. The zero-order chi connectivity index (χ0) is 20.2. The zero-order valence-corrected chi connectivity index (χ0v) is 18.2. The fourth-order valence-electron chi connectivity index (χ4n) is 3.79. The summed E-state index contributed by atoms with van der Waals surface area (Å²) < 4.78 is 0.814. The monoisotopic (exact) mass is 469 g/mol. The average Bonchev–Trinajstić information content (AvgIpc) is 2.76. The first-order valence-corrected chi connectivity index (χ1v) is 10.7. The molecule has 29 heavy (non-hydrogen) atoms. The van der Waals surface area contributed by atoms with E-state index >= 15 is 0 Å². The van der Waals surface area contributed by atoms with Gasteiger partial charge < -0.3 is 4.90 Å². The Hall–Kier alpha value is -2.21. The highest BCUT2D eigenvalue weighted by atomic mass is 79.9. The highest BCUT2D eigenvalue weighted by molar-refractivity contribution is 9.10. The van der Waals surface area contributed by atoms with E-state index in [0.29, 0.717) is 18.7 Å². The predicted octanol–water partition coefficient (Wildman–Crippen LogP) is 5.04. The van der Waals surface area contributed by atoms with Gasteiger partial charge in [0.15, 0.2) is 0 Å². The first kappa shape index (κ1) is 20.1. The van der Waals surface area contributed by atoms with Crippen LogP contribution in [0.2, 0.25) is 5.02 Å². The number of benzene rings is 2. The summed E-state index contributed by atoms with van der Waals surface area (Å²) in [5, 5.41) is 0.735. The van der Waals surface area contributed by atoms with Crippen LogP contribution in [0.3, 0.4) is 0 Å². The van der Waals surface area contributed by atoms with Crippen molar-refractivity contribution in [3.8, 4) is 0 Å². The van der Waals surface area contributed by atoms with Crippen molar-refractivity contribution in [1.82, 2.24) is 14.8 Å². The number of nitrogens with zero attached hydrogens (tertiary/aromatic N) is 3. The molecule has 4 nitrogen and oxygen atoms in total. The van der Waals surface area contributed by atoms with Crippen LogP contribution in [0.5, 0.6) is 0 Å². The van der Waals surface area contributed by atoms with E-state index < -0.39 is 0 Å². The lowest BCUT2D eigenvalue weighted by Gasteiger charge is -2.39. The quantitative estimate of drug-likeness (QED) is 0.536. The van der Waals surface area contributed by atoms with Crippen molar-refractivity contribution < 1.29 is 4.79 Å². The number of aromatic nitrogens is 1. The Labute approximate surface area is 184 Å². The number of carbonyl (C=O) groups excluding carboxylic acids is 1. The molecule has 2 heterocycles. The lowest BCUT2D eigenvalue weighted by Crippen LogP contribution is -2.49. The number of hydrogen-bond donors (Lipinski definition) is 0. The van der Waals surface area contributed by atoms with E-state index in [2.05, 4.69) is 62.2 Å². The molecule has 1 aliphatic heterocycles. The molecule has 0 N–H and O–H groups in total. The van der Waals surface area contributed by atoms with Crippen LogP contribution in [0.25, 0.3) is 0 Å². The molecule has 1 atom stereocenters. The van der Waals surface area contributed by atoms with Crippen molar-refractivity contribution in [3.63, 3.8) is 0 Å². The molecule has 1 aliphatic rings. The minimum Gasteiger partial charge on any atom is -0.336 e. The Bertz CT molecular complexity index is 973. The third-order valence-corrected chi connectivity index (χ3v) is 5.91. The molecular weight excluding hydrogens is 450 g/mol. The summed E-state index contributed by atoms with van der Waals surface area (Å²) in [6.45, 7) is 2.97. The third kappa shape index (κ3) is 4.69. The van der Waals surface area contributed by atoms with Crippen molar-refractivity contribution in [3.05, 3.63) is 99.2 Å². The molecule has 148 valence electrons. The van der Waals surface area contributed by atoms with Crippen LogP contribution in [-0.2, 0) is 0 Å². The van der Waals surface area contributed by atoms with Gasteiger partial charge in [-0.3, -0.25) is 14.7 Å². The van der Waals surface area contributed by atoms with Crippen molar-refractivity contribution in [2.45, 2.75) is 6.04 Å². The highest BCUT2D eigenvalue weighted by Crippen LogP contribution is 2.30. The second-order valence-electron chi connectivity index (χ2n) is 7.08. The van der Waals surface area contributed by atoms with Gasteiger partial charge in [-0.1, -0.05) is 54.1 Å².